The van der Waals surface area contributed by atoms with Gasteiger partial charge in [0.05, 0.1) is 12.6 Å². The second kappa shape index (κ2) is 5.19. The average molecular weight is 285 g/mol. The van der Waals surface area contributed by atoms with Crippen LogP contribution in [-0.4, -0.2) is 56.6 Å². The third-order valence-electron chi connectivity index (χ3n) is 2.97. The average Bonchev–Trinajstić information content (AvgIpc) is 2.87. The summed E-state index contributed by atoms with van der Waals surface area (Å²) in [5, 5.41) is 15.0. The fraction of sp³-hybridized carbons (Fsp3) is 0.778. The van der Waals surface area contributed by atoms with Crippen LogP contribution in [0, 0.1) is 11.3 Å². The van der Waals surface area contributed by atoms with Gasteiger partial charge in [-0.25, -0.2) is 0 Å². The highest BCUT2D eigenvalue weighted by atomic mass is 35.5. The molecule has 5 atom stereocenters. The molecule has 0 aromatic rings. The van der Waals surface area contributed by atoms with Gasteiger partial charge in [0.1, 0.15) is 14.0 Å². The summed E-state index contributed by atoms with van der Waals surface area (Å²) in [5.74, 6) is 2.53. The van der Waals surface area contributed by atoms with E-state index in [-0.39, 0.29) is 0 Å². The first-order valence-electron chi connectivity index (χ1n) is 5.18. The number of azide groups is 1. The third-order valence-corrected chi connectivity index (χ3v) is 3.06. The van der Waals surface area contributed by atoms with Crippen molar-refractivity contribution in [1.82, 2.24) is 0 Å². The van der Waals surface area contributed by atoms with Crippen molar-refractivity contribution in [2.45, 2.75) is 29.9 Å². The summed E-state index contributed by atoms with van der Waals surface area (Å²) >= 11 is 5.40. The van der Waals surface area contributed by atoms with E-state index in [1.54, 1.807) is 0 Å². The van der Waals surface area contributed by atoms with Crippen LogP contribution in [0.1, 0.15) is 0 Å². The van der Waals surface area contributed by atoms with Crippen molar-refractivity contribution < 1.29 is 24.1 Å². The van der Waals surface area contributed by atoms with Crippen LogP contribution in [0.3, 0.4) is 0 Å². The summed E-state index contributed by atoms with van der Waals surface area (Å²) in [4.78, 5) is 2.62. The van der Waals surface area contributed by atoms with Gasteiger partial charge in [-0.1, -0.05) is 5.11 Å². The van der Waals surface area contributed by atoms with E-state index in [0.717, 1.165) is 0 Å². The van der Waals surface area contributed by atoms with Crippen molar-refractivity contribution in [1.29, 1.82) is 0 Å². The Hall–Kier alpha value is -0.975. The number of ether oxygens (including phenoxy) is 4. The molecule has 1 N–H and O–H groups in total. The number of methoxy groups -OCH3 is 1. The maximum atomic E-state index is 9.45. The fourth-order valence-corrected chi connectivity index (χ4v) is 2.28. The van der Waals surface area contributed by atoms with Gasteiger partial charge in [0.2, 0.25) is 0 Å². The highest BCUT2D eigenvalue weighted by molar-refractivity contribution is 6.30. The first-order chi connectivity index (χ1) is 9.08. The van der Waals surface area contributed by atoms with E-state index in [0.29, 0.717) is 0 Å². The molecule has 0 amide bonds. The van der Waals surface area contributed by atoms with Gasteiger partial charge in [-0.15, -0.1) is 0 Å². The summed E-state index contributed by atoms with van der Waals surface area (Å²) in [6, 6.07) is -1.14. The van der Waals surface area contributed by atoms with Crippen LogP contribution in [0.25, 0.3) is 10.4 Å². The number of halogens is 1. The molecule has 2 fully saturated rings. The van der Waals surface area contributed by atoms with Gasteiger partial charge in [0.25, 0.3) is 6.48 Å². The molecule has 2 rings (SSSR count). The monoisotopic (exact) mass is 285 g/mol. The Bertz CT molecular complexity index is 478. The predicted molar refractivity (Wildman–Crippen MR) is 62.7 cm³/mol. The molecule has 0 aliphatic carbocycles. The summed E-state index contributed by atoms with van der Waals surface area (Å²) in [6.07, 6.45) is -1.08. The van der Waals surface area contributed by atoms with Crippen LogP contribution in [0.5, 0.6) is 0 Å². The first kappa shape index (κ1) is 14.4. The third kappa shape index (κ3) is 1.98. The van der Waals surface area contributed by atoms with Crippen LogP contribution in [-0.2, 0) is 18.9 Å². The lowest BCUT2D eigenvalue weighted by Crippen LogP contribution is -2.49. The van der Waals surface area contributed by atoms with Crippen molar-refractivity contribution in [2.24, 2.45) is 5.11 Å². The lowest BCUT2D eigenvalue weighted by atomic mass is 9.80. The van der Waals surface area contributed by atoms with E-state index in [2.05, 4.69) is 21.3 Å². The van der Waals surface area contributed by atoms with Crippen molar-refractivity contribution in [3.05, 3.63) is 10.4 Å². The molecule has 0 bridgehead atoms. The maximum Gasteiger partial charge on any atom is 0.273 e. The van der Waals surface area contributed by atoms with Gasteiger partial charge in [-0.05, 0) is 23.1 Å². The van der Waals surface area contributed by atoms with Gasteiger partial charge in [-0.2, -0.15) is 0 Å². The molecule has 0 spiro atoms. The molecule has 2 aliphatic heterocycles. The van der Waals surface area contributed by atoms with E-state index < -0.39 is 36.5 Å². The summed E-state index contributed by atoms with van der Waals surface area (Å²) in [5.41, 5.74) is 5.37. The Morgan fingerprint density at radius 2 is 2.37 bits per heavy atom. The Labute approximate surface area is 114 Å². The van der Waals surface area contributed by atoms with E-state index in [4.69, 9.17) is 43.9 Å². The smallest absolute Gasteiger partial charge is 0.273 e. The highest BCUT2D eigenvalue weighted by Gasteiger charge is 2.68. The second-order valence-electron chi connectivity index (χ2n) is 3.90. The first-order valence-corrected chi connectivity index (χ1v) is 5.55. The molecule has 2 heterocycles. The van der Waals surface area contributed by atoms with Gasteiger partial charge in [0, 0.05) is 17.4 Å². The number of aliphatic hydroxyl groups is 1. The Morgan fingerprint density at radius 1 is 1.63 bits per heavy atom. The molecule has 0 saturated carbocycles. The summed E-state index contributed by atoms with van der Waals surface area (Å²) in [7, 11) is 7.14. The van der Waals surface area contributed by atoms with E-state index in [9.17, 15) is 5.11 Å². The molecule has 10 heteroatoms. The normalized spacial score (nSPS) is 44.1. The number of fused-ring (bicyclic) bond motifs is 1. The minimum absolute atomic E-state index is 0.666. The zero-order chi connectivity index (χ0) is 14.1. The maximum absolute atomic E-state index is 9.45. The molecular formula is C9H9BClN3O5. The summed E-state index contributed by atoms with van der Waals surface area (Å²) < 4.78 is 21.0. The molecule has 8 nitrogen and oxygen atoms in total. The van der Waals surface area contributed by atoms with Crippen LogP contribution in [0.2, 0.25) is 0 Å². The molecule has 2 radical (unpaired) electrons. The SMILES string of the molecule is [B][C@@H]1O[C@@](CO)(N=[N+]=[N-])C2OC(OC)O[C@]21C#CCl. The van der Waals surface area contributed by atoms with Crippen LogP contribution in [0.4, 0.5) is 0 Å². The molecular weight excluding hydrogens is 276 g/mol. The minimum Gasteiger partial charge on any atom is -0.393 e. The van der Waals surface area contributed by atoms with Crippen LogP contribution >= 0.6 is 11.6 Å². The van der Waals surface area contributed by atoms with Crippen molar-refractivity contribution in [3.8, 4) is 11.3 Å². The Kier molecular flexibility index (Phi) is 3.94. The molecule has 2 saturated heterocycles. The van der Waals surface area contributed by atoms with E-state index >= 15 is 0 Å². The molecule has 100 valence electrons. The molecule has 2 aliphatic rings. The lowest BCUT2D eigenvalue weighted by molar-refractivity contribution is -0.263. The summed E-state index contributed by atoms with van der Waals surface area (Å²) in [6.45, 7) is -1.75. The second-order valence-corrected chi connectivity index (χ2v) is 4.09. The zero-order valence-corrected chi connectivity index (χ0v) is 10.6. The molecule has 19 heavy (non-hydrogen) atoms. The largest absolute Gasteiger partial charge is 0.393 e. The van der Waals surface area contributed by atoms with Crippen molar-refractivity contribution in [3.63, 3.8) is 0 Å². The molecule has 0 aromatic carbocycles. The predicted octanol–water partition coefficient (Wildman–Crippen LogP) is -0.206. The molecule has 0 aromatic heterocycles. The fourth-order valence-electron chi connectivity index (χ4n) is 2.13. The van der Waals surface area contributed by atoms with Gasteiger partial charge in [0.15, 0.2) is 11.3 Å². The van der Waals surface area contributed by atoms with E-state index in [1.165, 1.54) is 7.11 Å². The Balaban J connectivity index is 2.50. The Morgan fingerprint density at radius 3 is 2.89 bits per heavy atom. The number of hydrogen-bond acceptors (Lipinski definition) is 6. The van der Waals surface area contributed by atoms with Gasteiger partial charge < -0.3 is 24.1 Å². The van der Waals surface area contributed by atoms with Crippen LogP contribution < -0.4 is 0 Å². The minimum atomic E-state index is -1.75. The lowest BCUT2D eigenvalue weighted by Gasteiger charge is -2.26. The molecule has 2 unspecified atom stereocenters. The highest BCUT2D eigenvalue weighted by Crippen LogP contribution is 2.47. The van der Waals surface area contributed by atoms with Gasteiger partial charge in [-0.3, -0.25) is 0 Å². The quantitative estimate of drug-likeness (QED) is 0.254. The van der Waals surface area contributed by atoms with E-state index in [1.807, 2.05) is 0 Å². The number of nitrogens with zero attached hydrogens (tertiary/aromatic N) is 3. The van der Waals surface area contributed by atoms with Crippen molar-refractivity contribution in [2.75, 3.05) is 13.7 Å². The standard InChI is InChI=1S/C9H9BClN3O5/c1-16-7-17-5-8(19-7,2-3-11)6(10)18-9(5,4-15)13-14-12/h5-7,15H,4H2,1H3/t5?,6-,7?,8-,9-/m1/s1. The number of hydrogen-bond donors (Lipinski definition) is 1. The zero-order valence-electron chi connectivity index (χ0n) is 9.82. The number of aliphatic hydroxyl groups excluding tert-OH is 1. The van der Waals surface area contributed by atoms with Crippen LogP contribution in [0.15, 0.2) is 5.11 Å². The van der Waals surface area contributed by atoms with Crippen molar-refractivity contribution >= 4 is 19.4 Å². The number of rotatable bonds is 3. The topological polar surface area (TPSA) is 106 Å². The van der Waals surface area contributed by atoms with Gasteiger partial charge >= 0.3 is 0 Å².